The Balaban J connectivity index is 1.85. The van der Waals surface area contributed by atoms with E-state index in [1.165, 1.54) is 24.3 Å². The zero-order valence-electron chi connectivity index (χ0n) is 10.4. The number of ether oxygens (including phenoxy) is 2. The second kappa shape index (κ2) is 6.33. The van der Waals surface area contributed by atoms with Crippen LogP contribution in [0, 0.1) is 10.1 Å². The lowest BCUT2D eigenvalue weighted by Gasteiger charge is -2.05. The van der Waals surface area contributed by atoms with Gasteiger partial charge in [-0.15, -0.1) is 0 Å². The third-order valence-electron chi connectivity index (χ3n) is 2.45. The summed E-state index contributed by atoms with van der Waals surface area (Å²) in [6.45, 7) is -0.0103. The number of carbonyl (C=O) groups is 1. The average Bonchev–Trinajstić information content (AvgIpc) is 2.46. The highest BCUT2D eigenvalue weighted by molar-refractivity contribution is 5.63. The molecule has 0 saturated carbocycles. The number of hydrogen-bond donors (Lipinski definition) is 0. The molecule has 2 aromatic carbocycles. The zero-order valence-corrected chi connectivity index (χ0v) is 10.4. The van der Waals surface area contributed by atoms with Gasteiger partial charge in [0.15, 0.2) is 0 Å². The minimum Gasteiger partial charge on any atom is -0.429 e. The van der Waals surface area contributed by atoms with Crippen molar-refractivity contribution >= 4 is 11.8 Å². The summed E-state index contributed by atoms with van der Waals surface area (Å²) < 4.78 is 9.83. The first kappa shape index (κ1) is 13.5. The standard InChI is InChI=1S/C14H11NO5/c16-14(20-13-4-2-1-3-5-13)19-10-11-6-8-12(9-7-11)15(17)18/h1-9H,10H2. The van der Waals surface area contributed by atoms with Crippen LogP contribution < -0.4 is 4.74 Å². The number of nitro groups is 1. The number of nitro benzene ring substituents is 1. The number of carbonyl (C=O) groups excluding carboxylic acids is 1. The van der Waals surface area contributed by atoms with Crippen LogP contribution >= 0.6 is 0 Å². The quantitative estimate of drug-likeness (QED) is 0.369. The van der Waals surface area contributed by atoms with E-state index >= 15 is 0 Å². The molecule has 0 bridgehead atoms. The Bertz CT molecular complexity index is 595. The highest BCUT2D eigenvalue weighted by Gasteiger charge is 2.08. The highest BCUT2D eigenvalue weighted by atomic mass is 16.7. The van der Waals surface area contributed by atoms with Crippen molar-refractivity contribution in [1.82, 2.24) is 0 Å². The van der Waals surface area contributed by atoms with Gasteiger partial charge in [-0.2, -0.15) is 0 Å². The maximum Gasteiger partial charge on any atom is 0.514 e. The third-order valence-corrected chi connectivity index (χ3v) is 2.45. The van der Waals surface area contributed by atoms with Crippen LogP contribution in [0.4, 0.5) is 10.5 Å². The number of hydrogen-bond acceptors (Lipinski definition) is 5. The number of rotatable bonds is 4. The van der Waals surface area contributed by atoms with Crippen LogP contribution in [0.2, 0.25) is 0 Å². The topological polar surface area (TPSA) is 78.7 Å². The van der Waals surface area contributed by atoms with Crippen molar-refractivity contribution in [3.05, 3.63) is 70.3 Å². The summed E-state index contributed by atoms with van der Waals surface area (Å²) >= 11 is 0. The van der Waals surface area contributed by atoms with Crippen LogP contribution in [0.15, 0.2) is 54.6 Å². The molecule has 20 heavy (non-hydrogen) atoms. The van der Waals surface area contributed by atoms with Gasteiger partial charge in [0.1, 0.15) is 12.4 Å². The van der Waals surface area contributed by atoms with Gasteiger partial charge < -0.3 is 9.47 Å². The van der Waals surface area contributed by atoms with Crippen LogP contribution in [0.1, 0.15) is 5.56 Å². The molecule has 0 aliphatic carbocycles. The smallest absolute Gasteiger partial charge is 0.429 e. The Hall–Kier alpha value is -2.89. The predicted octanol–water partition coefficient (Wildman–Crippen LogP) is 3.31. The minimum absolute atomic E-state index is 0.0103. The molecule has 0 unspecified atom stereocenters. The fourth-order valence-corrected chi connectivity index (χ4v) is 1.47. The minimum atomic E-state index is -0.824. The molecule has 2 aromatic rings. The molecular weight excluding hydrogens is 262 g/mol. The van der Waals surface area contributed by atoms with Gasteiger partial charge in [-0.25, -0.2) is 4.79 Å². The first-order chi connectivity index (χ1) is 9.65. The normalized spacial score (nSPS) is 9.80. The van der Waals surface area contributed by atoms with Gasteiger partial charge in [0.2, 0.25) is 0 Å². The van der Waals surface area contributed by atoms with Crippen molar-refractivity contribution in [2.45, 2.75) is 6.61 Å². The van der Waals surface area contributed by atoms with E-state index in [9.17, 15) is 14.9 Å². The predicted molar refractivity (Wildman–Crippen MR) is 70.4 cm³/mol. The average molecular weight is 273 g/mol. The highest BCUT2D eigenvalue weighted by Crippen LogP contribution is 2.13. The van der Waals surface area contributed by atoms with E-state index in [4.69, 9.17) is 9.47 Å². The Morgan fingerprint density at radius 1 is 1.05 bits per heavy atom. The monoisotopic (exact) mass is 273 g/mol. The van der Waals surface area contributed by atoms with Gasteiger partial charge in [-0.3, -0.25) is 10.1 Å². The first-order valence-corrected chi connectivity index (χ1v) is 5.78. The van der Waals surface area contributed by atoms with Crippen molar-refractivity contribution < 1.29 is 19.2 Å². The molecule has 0 aromatic heterocycles. The fourth-order valence-electron chi connectivity index (χ4n) is 1.47. The molecule has 0 N–H and O–H groups in total. The van der Waals surface area contributed by atoms with Gasteiger partial charge in [0.25, 0.3) is 5.69 Å². The van der Waals surface area contributed by atoms with Gasteiger partial charge in [0, 0.05) is 12.1 Å². The van der Waals surface area contributed by atoms with Gasteiger partial charge >= 0.3 is 6.16 Å². The van der Waals surface area contributed by atoms with Crippen molar-refractivity contribution in [2.75, 3.05) is 0 Å². The molecule has 0 saturated heterocycles. The van der Waals surface area contributed by atoms with Gasteiger partial charge in [-0.05, 0) is 29.8 Å². The lowest BCUT2D eigenvalue weighted by Crippen LogP contribution is -2.10. The third kappa shape index (κ3) is 3.81. The second-order valence-corrected chi connectivity index (χ2v) is 3.88. The van der Waals surface area contributed by atoms with Crippen molar-refractivity contribution in [3.63, 3.8) is 0 Å². The van der Waals surface area contributed by atoms with E-state index in [1.807, 2.05) is 0 Å². The molecule has 6 heteroatoms. The molecule has 102 valence electrons. The molecule has 0 radical (unpaired) electrons. The zero-order chi connectivity index (χ0) is 14.4. The van der Waals surface area contributed by atoms with Crippen molar-refractivity contribution in [2.24, 2.45) is 0 Å². The van der Waals surface area contributed by atoms with E-state index in [0.29, 0.717) is 11.3 Å². The molecule has 0 heterocycles. The first-order valence-electron chi connectivity index (χ1n) is 5.78. The molecule has 0 aliphatic rings. The van der Waals surface area contributed by atoms with E-state index in [2.05, 4.69) is 0 Å². The van der Waals surface area contributed by atoms with Crippen LogP contribution in [0.25, 0.3) is 0 Å². The van der Waals surface area contributed by atoms with E-state index in [-0.39, 0.29) is 12.3 Å². The molecule has 0 aliphatic heterocycles. The van der Waals surface area contributed by atoms with E-state index in [0.717, 1.165) is 0 Å². The van der Waals surface area contributed by atoms with E-state index < -0.39 is 11.1 Å². The van der Waals surface area contributed by atoms with Crippen LogP contribution in [0.3, 0.4) is 0 Å². The van der Waals surface area contributed by atoms with Crippen LogP contribution in [-0.2, 0) is 11.3 Å². The summed E-state index contributed by atoms with van der Waals surface area (Å²) in [4.78, 5) is 21.4. The molecule has 2 rings (SSSR count). The Labute approximate surface area is 114 Å². The molecule has 0 amide bonds. The molecule has 0 atom stereocenters. The summed E-state index contributed by atoms with van der Waals surface area (Å²) in [7, 11) is 0. The number of non-ortho nitro benzene ring substituents is 1. The van der Waals surface area contributed by atoms with Crippen molar-refractivity contribution in [3.8, 4) is 5.75 Å². The largest absolute Gasteiger partial charge is 0.514 e. The maximum atomic E-state index is 11.4. The number of para-hydroxylation sites is 1. The Morgan fingerprint density at radius 2 is 1.70 bits per heavy atom. The summed E-state index contributed by atoms with van der Waals surface area (Å²) in [5.41, 5.74) is 0.626. The van der Waals surface area contributed by atoms with E-state index in [1.54, 1.807) is 30.3 Å². The molecule has 6 nitrogen and oxygen atoms in total. The summed E-state index contributed by atoms with van der Waals surface area (Å²) in [5, 5.41) is 10.5. The van der Waals surface area contributed by atoms with Crippen LogP contribution in [-0.4, -0.2) is 11.1 Å². The molecule has 0 fully saturated rings. The molecule has 0 spiro atoms. The Kier molecular flexibility index (Phi) is 4.28. The maximum absolute atomic E-state index is 11.4. The van der Waals surface area contributed by atoms with Gasteiger partial charge in [0.05, 0.1) is 4.92 Å². The van der Waals surface area contributed by atoms with Gasteiger partial charge in [-0.1, -0.05) is 18.2 Å². The lowest BCUT2D eigenvalue weighted by molar-refractivity contribution is -0.384. The Morgan fingerprint density at radius 3 is 2.30 bits per heavy atom. The summed E-state index contributed by atoms with van der Waals surface area (Å²) in [6.07, 6.45) is -0.824. The van der Waals surface area contributed by atoms with Crippen LogP contribution in [0.5, 0.6) is 5.75 Å². The SMILES string of the molecule is O=C(OCc1ccc([N+](=O)[O-])cc1)Oc1ccccc1. The number of nitrogens with zero attached hydrogens (tertiary/aromatic N) is 1. The fraction of sp³-hybridized carbons (Fsp3) is 0.0714. The second-order valence-electron chi connectivity index (χ2n) is 3.88. The number of benzene rings is 2. The molecular formula is C14H11NO5. The lowest BCUT2D eigenvalue weighted by atomic mass is 10.2. The summed E-state index contributed by atoms with van der Waals surface area (Å²) in [5.74, 6) is 0.390. The summed E-state index contributed by atoms with van der Waals surface area (Å²) in [6, 6.07) is 14.3. The van der Waals surface area contributed by atoms with Crippen molar-refractivity contribution in [1.29, 1.82) is 0 Å².